The third kappa shape index (κ3) is 2.32. The summed E-state index contributed by atoms with van der Waals surface area (Å²) in [4.78, 5) is 9.05. The highest BCUT2D eigenvalue weighted by Gasteiger charge is 2.11. The zero-order chi connectivity index (χ0) is 16.0. The van der Waals surface area contributed by atoms with Crippen LogP contribution in [0.3, 0.4) is 0 Å². The Morgan fingerprint density at radius 1 is 1.09 bits per heavy atom. The van der Waals surface area contributed by atoms with Crippen LogP contribution < -0.4 is 5.32 Å². The molecule has 4 nitrogen and oxygen atoms in total. The Kier molecular flexibility index (Phi) is 3.20. The summed E-state index contributed by atoms with van der Waals surface area (Å²) in [5.41, 5.74) is 5.98. The molecule has 0 fully saturated rings. The SMILES string of the molecule is Cc1ccc2c(c1)nc(Nc1c(C)cccc1Cl)c1cncn12. The van der Waals surface area contributed by atoms with E-state index in [0.29, 0.717) is 5.02 Å². The lowest BCUT2D eigenvalue weighted by atomic mass is 10.2. The van der Waals surface area contributed by atoms with Crippen molar-refractivity contribution in [1.82, 2.24) is 14.4 Å². The second-order valence-corrected chi connectivity index (χ2v) is 6.07. The van der Waals surface area contributed by atoms with Crippen LogP contribution in [-0.4, -0.2) is 14.4 Å². The number of fused-ring (bicyclic) bond motifs is 3. The van der Waals surface area contributed by atoms with Crippen molar-refractivity contribution < 1.29 is 0 Å². The molecule has 4 rings (SSSR count). The Balaban J connectivity index is 1.96. The predicted molar refractivity (Wildman–Crippen MR) is 94.7 cm³/mol. The molecular formula is C18H15ClN4. The molecule has 0 spiro atoms. The Labute approximate surface area is 138 Å². The third-order valence-corrected chi connectivity index (χ3v) is 4.28. The van der Waals surface area contributed by atoms with Crippen molar-refractivity contribution in [3.63, 3.8) is 0 Å². The van der Waals surface area contributed by atoms with Gasteiger partial charge in [-0.15, -0.1) is 0 Å². The summed E-state index contributed by atoms with van der Waals surface area (Å²) >= 11 is 6.34. The lowest BCUT2D eigenvalue weighted by Crippen LogP contribution is -2.01. The maximum atomic E-state index is 6.34. The molecule has 4 aromatic rings. The number of nitrogens with zero attached hydrogens (tertiary/aromatic N) is 3. The van der Waals surface area contributed by atoms with Gasteiger partial charge in [0.1, 0.15) is 5.52 Å². The molecule has 0 aliphatic heterocycles. The van der Waals surface area contributed by atoms with Gasteiger partial charge in [-0.25, -0.2) is 9.97 Å². The Bertz CT molecular complexity index is 1020. The van der Waals surface area contributed by atoms with E-state index in [0.717, 1.165) is 33.6 Å². The number of benzene rings is 2. The second-order valence-electron chi connectivity index (χ2n) is 5.66. The molecule has 1 N–H and O–H groups in total. The first-order valence-electron chi connectivity index (χ1n) is 7.38. The molecule has 0 bridgehead atoms. The summed E-state index contributed by atoms with van der Waals surface area (Å²) in [7, 11) is 0. The molecule has 23 heavy (non-hydrogen) atoms. The van der Waals surface area contributed by atoms with Crippen LogP contribution in [0.1, 0.15) is 11.1 Å². The molecule has 2 aromatic heterocycles. The normalized spacial score (nSPS) is 11.3. The van der Waals surface area contributed by atoms with Crippen molar-refractivity contribution >= 4 is 39.7 Å². The minimum absolute atomic E-state index is 0.675. The van der Waals surface area contributed by atoms with E-state index < -0.39 is 0 Å². The van der Waals surface area contributed by atoms with E-state index in [9.17, 15) is 0 Å². The van der Waals surface area contributed by atoms with E-state index >= 15 is 0 Å². The molecule has 0 saturated carbocycles. The van der Waals surface area contributed by atoms with Crippen LogP contribution >= 0.6 is 11.6 Å². The van der Waals surface area contributed by atoms with Crippen LogP contribution in [0.4, 0.5) is 11.5 Å². The van der Waals surface area contributed by atoms with E-state index in [4.69, 9.17) is 16.6 Å². The lowest BCUT2D eigenvalue weighted by Gasteiger charge is -2.13. The molecule has 0 saturated heterocycles. The van der Waals surface area contributed by atoms with Gasteiger partial charge in [0.2, 0.25) is 0 Å². The van der Waals surface area contributed by atoms with Gasteiger partial charge in [-0.05, 0) is 43.2 Å². The van der Waals surface area contributed by atoms with Gasteiger partial charge in [0.25, 0.3) is 0 Å². The first-order valence-corrected chi connectivity index (χ1v) is 7.76. The molecule has 2 heterocycles. The zero-order valence-corrected chi connectivity index (χ0v) is 13.6. The molecule has 0 aliphatic rings. The highest BCUT2D eigenvalue weighted by atomic mass is 35.5. The predicted octanol–water partition coefficient (Wildman–Crippen LogP) is 4.90. The Morgan fingerprint density at radius 3 is 2.78 bits per heavy atom. The quantitative estimate of drug-likeness (QED) is 0.571. The molecule has 5 heteroatoms. The maximum absolute atomic E-state index is 6.34. The molecule has 114 valence electrons. The number of halogens is 1. The van der Waals surface area contributed by atoms with Crippen LogP contribution in [0, 0.1) is 13.8 Å². The van der Waals surface area contributed by atoms with Crippen LogP contribution in [0.15, 0.2) is 48.9 Å². The number of nitrogens with one attached hydrogen (secondary N) is 1. The molecule has 0 unspecified atom stereocenters. The number of hydrogen-bond acceptors (Lipinski definition) is 3. The standard InChI is InChI=1S/C18H15ClN4/c1-11-6-7-15-14(8-11)21-18(16-9-20-10-23(15)16)22-17-12(2)4-3-5-13(17)19/h3-10H,1-2H3,(H,21,22). The molecule has 0 atom stereocenters. The van der Waals surface area contributed by atoms with Gasteiger partial charge < -0.3 is 5.32 Å². The van der Waals surface area contributed by atoms with Crippen LogP contribution in [-0.2, 0) is 0 Å². The molecule has 0 aliphatic carbocycles. The van der Waals surface area contributed by atoms with Gasteiger partial charge in [-0.2, -0.15) is 0 Å². The van der Waals surface area contributed by atoms with Crippen molar-refractivity contribution in [2.75, 3.05) is 5.32 Å². The minimum atomic E-state index is 0.675. The fraction of sp³-hybridized carbons (Fsp3) is 0.111. The Hall–Kier alpha value is -2.59. The fourth-order valence-electron chi connectivity index (χ4n) is 2.77. The monoisotopic (exact) mass is 322 g/mol. The van der Waals surface area contributed by atoms with Crippen molar-refractivity contribution in [2.45, 2.75) is 13.8 Å². The third-order valence-electron chi connectivity index (χ3n) is 3.97. The summed E-state index contributed by atoms with van der Waals surface area (Å²) in [6.07, 6.45) is 3.61. The summed E-state index contributed by atoms with van der Waals surface area (Å²) in [5, 5.41) is 4.05. The van der Waals surface area contributed by atoms with Crippen LogP contribution in [0.25, 0.3) is 16.6 Å². The minimum Gasteiger partial charge on any atom is -0.337 e. The van der Waals surface area contributed by atoms with Crippen LogP contribution in [0.5, 0.6) is 0 Å². The lowest BCUT2D eigenvalue weighted by molar-refractivity contribution is 1.18. The maximum Gasteiger partial charge on any atom is 0.157 e. The number of anilines is 2. The second kappa shape index (κ2) is 5.25. The molecular weight excluding hydrogens is 308 g/mol. The fourth-order valence-corrected chi connectivity index (χ4v) is 3.04. The summed E-state index contributed by atoms with van der Waals surface area (Å²) in [6, 6.07) is 12.0. The highest BCUT2D eigenvalue weighted by Crippen LogP contribution is 2.31. The number of hydrogen-bond donors (Lipinski definition) is 1. The smallest absolute Gasteiger partial charge is 0.157 e. The first kappa shape index (κ1) is 14.0. The average molecular weight is 323 g/mol. The van der Waals surface area contributed by atoms with Gasteiger partial charge in [0.15, 0.2) is 5.82 Å². The van der Waals surface area contributed by atoms with Gasteiger partial charge in [0.05, 0.1) is 34.3 Å². The zero-order valence-electron chi connectivity index (χ0n) is 12.8. The van der Waals surface area contributed by atoms with Gasteiger partial charge in [0, 0.05) is 0 Å². The van der Waals surface area contributed by atoms with E-state index in [1.54, 1.807) is 12.5 Å². The van der Waals surface area contributed by atoms with Gasteiger partial charge in [-0.1, -0.05) is 29.8 Å². The van der Waals surface area contributed by atoms with Crippen molar-refractivity contribution in [3.05, 3.63) is 65.1 Å². The van der Waals surface area contributed by atoms with Crippen molar-refractivity contribution in [2.24, 2.45) is 0 Å². The van der Waals surface area contributed by atoms with Crippen molar-refractivity contribution in [1.29, 1.82) is 0 Å². The van der Waals surface area contributed by atoms with E-state index in [1.807, 2.05) is 29.5 Å². The highest BCUT2D eigenvalue weighted by molar-refractivity contribution is 6.33. The summed E-state index contributed by atoms with van der Waals surface area (Å²) in [5.74, 6) is 0.747. The van der Waals surface area contributed by atoms with E-state index in [2.05, 4.69) is 35.4 Å². The van der Waals surface area contributed by atoms with Gasteiger partial charge in [-0.3, -0.25) is 4.40 Å². The number of aromatic nitrogens is 3. The Morgan fingerprint density at radius 2 is 1.96 bits per heavy atom. The number of rotatable bonds is 2. The number of para-hydroxylation sites is 1. The molecule has 0 amide bonds. The largest absolute Gasteiger partial charge is 0.337 e. The topological polar surface area (TPSA) is 42.2 Å². The summed E-state index contributed by atoms with van der Waals surface area (Å²) < 4.78 is 2.04. The van der Waals surface area contributed by atoms with Crippen molar-refractivity contribution in [3.8, 4) is 0 Å². The molecule has 0 radical (unpaired) electrons. The van der Waals surface area contributed by atoms with Crippen LogP contribution in [0.2, 0.25) is 5.02 Å². The summed E-state index contributed by atoms with van der Waals surface area (Å²) in [6.45, 7) is 4.08. The number of aryl methyl sites for hydroxylation is 2. The van der Waals surface area contributed by atoms with Gasteiger partial charge >= 0.3 is 0 Å². The number of imidazole rings is 1. The average Bonchev–Trinajstić information content (AvgIpc) is 3.00. The first-order chi connectivity index (χ1) is 11.1. The molecule has 2 aromatic carbocycles. The van der Waals surface area contributed by atoms with E-state index in [1.165, 1.54) is 5.56 Å². The van der Waals surface area contributed by atoms with E-state index in [-0.39, 0.29) is 0 Å².